The van der Waals surface area contributed by atoms with Crippen molar-refractivity contribution in [2.24, 2.45) is 0 Å². The van der Waals surface area contributed by atoms with E-state index in [4.69, 9.17) is 0 Å². The van der Waals surface area contributed by atoms with Crippen molar-refractivity contribution in [3.05, 3.63) is 59.7 Å². The third-order valence-electron chi connectivity index (χ3n) is 5.68. The van der Waals surface area contributed by atoms with Crippen LogP contribution in [0.3, 0.4) is 0 Å². The van der Waals surface area contributed by atoms with Crippen LogP contribution >= 0.6 is 11.8 Å². The van der Waals surface area contributed by atoms with Crippen LogP contribution in [0.4, 0.5) is 0 Å². The van der Waals surface area contributed by atoms with Gasteiger partial charge in [0.15, 0.2) is 11.0 Å². The molecule has 3 aromatic rings. The molecule has 1 saturated heterocycles. The summed E-state index contributed by atoms with van der Waals surface area (Å²) in [6, 6.07) is 17.0. The number of carbonyl (C=O) groups excluding carboxylic acids is 1. The summed E-state index contributed by atoms with van der Waals surface area (Å²) in [5, 5.41) is 9.69. The summed E-state index contributed by atoms with van der Waals surface area (Å²) < 4.78 is 2.06. The van der Waals surface area contributed by atoms with Crippen LogP contribution in [0.1, 0.15) is 37.3 Å². The van der Waals surface area contributed by atoms with Crippen molar-refractivity contribution >= 4 is 17.7 Å². The van der Waals surface area contributed by atoms with Crippen LogP contribution in [-0.2, 0) is 4.79 Å². The summed E-state index contributed by atoms with van der Waals surface area (Å²) in [5.74, 6) is 1.35. The van der Waals surface area contributed by atoms with Gasteiger partial charge >= 0.3 is 0 Å². The first-order valence-corrected chi connectivity index (χ1v) is 11.5. The van der Waals surface area contributed by atoms with E-state index in [2.05, 4.69) is 84.1 Å². The van der Waals surface area contributed by atoms with Gasteiger partial charge in [-0.1, -0.05) is 59.3 Å². The van der Waals surface area contributed by atoms with Crippen LogP contribution in [0.15, 0.2) is 53.7 Å². The average Bonchev–Trinajstić information content (AvgIpc) is 3.17. The molecule has 4 rings (SSSR count). The zero-order valence-corrected chi connectivity index (χ0v) is 18.7. The van der Waals surface area contributed by atoms with E-state index in [1.54, 1.807) is 0 Å². The van der Waals surface area contributed by atoms with E-state index in [1.165, 1.54) is 29.3 Å². The van der Waals surface area contributed by atoms with Crippen LogP contribution in [0.5, 0.6) is 0 Å². The second-order valence-corrected chi connectivity index (χ2v) is 9.01. The van der Waals surface area contributed by atoms with E-state index in [9.17, 15) is 4.79 Å². The molecular weight excluding hydrogens is 392 g/mol. The number of carbonyl (C=O) groups is 1. The van der Waals surface area contributed by atoms with E-state index in [0.717, 1.165) is 41.6 Å². The summed E-state index contributed by atoms with van der Waals surface area (Å²) in [7, 11) is 0. The summed E-state index contributed by atoms with van der Waals surface area (Å²) in [4.78, 5) is 14.9. The Morgan fingerprint density at radius 2 is 1.67 bits per heavy atom. The summed E-state index contributed by atoms with van der Waals surface area (Å²) in [5.41, 5.74) is 4.42. The van der Waals surface area contributed by atoms with Crippen LogP contribution in [0.25, 0.3) is 17.1 Å². The Bertz CT molecular complexity index is 1010. The minimum Gasteiger partial charge on any atom is -0.339 e. The van der Waals surface area contributed by atoms with Crippen molar-refractivity contribution < 1.29 is 4.79 Å². The third-order valence-corrected chi connectivity index (χ3v) is 6.60. The molecule has 30 heavy (non-hydrogen) atoms. The SMILES string of the molecule is Cc1ccc(-c2nnc(SCC(=O)N3CCCC[C@@H]3C)n2-c2ccc(C)cc2)cc1. The maximum absolute atomic E-state index is 12.8. The van der Waals surface area contributed by atoms with E-state index < -0.39 is 0 Å². The number of hydrogen-bond acceptors (Lipinski definition) is 4. The fraction of sp³-hybridized carbons (Fsp3) is 0.375. The largest absolute Gasteiger partial charge is 0.339 e. The number of amides is 1. The minimum atomic E-state index is 0.183. The predicted octanol–water partition coefficient (Wildman–Crippen LogP) is 5.04. The number of hydrogen-bond donors (Lipinski definition) is 0. The van der Waals surface area contributed by atoms with Gasteiger partial charge in [0.1, 0.15) is 0 Å². The van der Waals surface area contributed by atoms with Gasteiger partial charge in [-0.3, -0.25) is 9.36 Å². The lowest BCUT2D eigenvalue weighted by atomic mass is 10.0. The second-order valence-electron chi connectivity index (χ2n) is 8.06. The molecule has 6 heteroatoms. The Morgan fingerprint density at radius 1 is 1.00 bits per heavy atom. The van der Waals surface area contributed by atoms with E-state index in [-0.39, 0.29) is 5.91 Å². The van der Waals surface area contributed by atoms with Gasteiger partial charge in [0.2, 0.25) is 5.91 Å². The van der Waals surface area contributed by atoms with Gasteiger partial charge in [0, 0.05) is 23.8 Å². The van der Waals surface area contributed by atoms with Gasteiger partial charge in [-0.15, -0.1) is 10.2 Å². The summed E-state index contributed by atoms with van der Waals surface area (Å²) in [6.45, 7) is 7.15. The molecule has 0 aliphatic carbocycles. The quantitative estimate of drug-likeness (QED) is 0.542. The molecule has 1 fully saturated rings. The average molecular weight is 421 g/mol. The highest BCUT2D eigenvalue weighted by atomic mass is 32.2. The molecule has 0 N–H and O–H groups in total. The molecule has 156 valence electrons. The molecule has 0 saturated carbocycles. The van der Waals surface area contributed by atoms with Crippen molar-refractivity contribution in [3.8, 4) is 17.1 Å². The van der Waals surface area contributed by atoms with Gasteiger partial charge in [0.05, 0.1) is 5.75 Å². The highest BCUT2D eigenvalue weighted by Gasteiger charge is 2.24. The van der Waals surface area contributed by atoms with Crippen molar-refractivity contribution in [2.45, 2.75) is 51.2 Å². The van der Waals surface area contributed by atoms with Gasteiger partial charge in [-0.05, 0) is 52.2 Å². The molecule has 1 aromatic heterocycles. The molecule has 1 aliphatic rings. The summed E-state index contributed by atoms with van der Waals surface area (Å²) in [6.07, 6.45) is 3.39. The van der Waals surface area contributed by atoms with Crippen molar-refractivity contribution in [1.82, 2.24) is 19.7 Å². The lowest BCUT2D eigenvalue weighted by Crippen LogP contribution is -2.42. The van der Waals surface area contributed by atoms with E-state index in [1.807, 2.05) is 4.90 Å². The van der Waals surface area contributed by atoms with Gasteiger partial charge in [-0.25, -0.2) is 0 Å². The molecule has 5 nitrogen and oxygen atoms in total. The number of nitrogens with zero attached hydrogens (tertiary/aromatic N) is 4. The third kappa shape index (κ3) is 4.43. The van der Waals surface area contributed by atoms with Crippen molar-refractivity contribution in [1.29, 1.82) is 0 Å². The molecule has 1 aliphatic heterocycles. The number of thioether (sulfide) groups is 1. The van der Waals surface area contributed by atoms with Crippen molar-refractivity contribution in [2.75, 3.05) is 12.3 Å². The molecule has 1 amide bonds. The topological polar surface area (TPSA) is 51.0 Å². The predicted molar refractivity (Wildman–Crippen MR) is 122 cm³/mol. The lowest BCUT2D eigenvalue weighted by molar-refractivity contribution is -0.131. The number of rotatable bonds is 5. The highest BCUT2D eigenvalue weighted by Crippen LogP contribution is 2.29. The first-order chi connectivity index (χ1) is 14.5. The number of benzene rings is 2. The van der Waals surface area contributed by atoms with E-state index in [0.29, 0.717) is 11.8 Å². The summed E-state index contributed by atoms with van der Waals surface area (Å²) >= 11 is 1.47. The van der Waals surface area contributed by atoms with Gasteiger partial charge in [0.25, 0.3) is 0 Å². The highest BCUT2D eigenvalue weighted by molar-refractivity contribution is 7.99. The molecule has 1 atom stereocenters. The van der Waals surface area contributed by atoms with Crippen molar-refractivity contribution in [3.63, 3.8) is 0 Å². The molecule has 2 heterocycles. The first kappa shape index (κ1) is 20.7. The van der Waals surface area contributed by atoms with E-state index >= 15 is 0 Å². The Morgan fingerprint density at radius 3 is 2.33 bits per heavy atom. The Kier molecular flexibility index (Phi) is 6.23. The maximum atomic E-state index is 12.8. The van der Waals surface area contributed by atoms with Gasteiger partial charge < -0.3 is 4.90 Å². The molecule has 0 radical (unpaired) electrons. The maximum Gasteiger partial charge on any atom is 0.233 e. The number of aromatic nitrogens is 3. The zero-order valence-electron chi connectivity index (χ0n) is 17.8. The minimum absolute atomic E-state index is 0.183. The van der Waals surface area contributed by atoms with Crippen LogP contribution in [0.2, 0.25) is 0 Å². The Balaban J connectivity index is 1.63. The van der Waals surface area contributed by atoms with Gasteiger partial charge in [-0.2, -0.15) is 0 Å². The fourth-order valence-corrected chi connectivity index (χ4v) is 4.70. The molecular formula is C24H28N4OS. The van der Waals surface area contributed by atoms with Crippen LogP contribution < -0.4 is 0 Å². The standard InChI is InChI=1S/C24H28N4OS/c1-17-7-11-20(12-8-17)23-25-26-24(28(23)21-13-9-18(2)10-14-21)30-16-22(29)27-15-5-4-6-19(27)3/h7-14,19H,4-6,15-16H2,1-3H3/t19-/m0/s1. The number of piperidine rings is 1. The van der Waals surface area contributed by atoms with Crippen LogP contribution in [-0.4, -0.2) is 43.9 Å². The van der Waals surface area contributed by atoms with Crippen LogP contribution in [0, 0.1) is 13.8 Å². The molecule has 0 unspecified atom stereocenters. The number of likely N-dealkylation sites (tertiary alicyclic amines) is 1. The Labute approximate surface area is 182 Å². The lowest BCUT2D eigenvalue weighted by Gasteiger charge is -2.33. The normalized spacial score (nSPS) is 16.6. The monoisotopic (exact) mass is 420 g/mol. The Hall–Kier alpha value is -2.60. The molecule has 2 aromatic carbocycles. The number of aryl methyl sites for hydroxylation is 2. The first-order valence-electron chi connectivity index (χ1n) is 10.5. The zero-order chi connectivity index (χ0) is 21.1. The second kappa shape index (κ2) is 9.04. The molecule has 0 spiro atoms. The fourth-order valence-electron chi connectivity index (χ4n) is 3.86. The molecule has 0 bridgehead atoms. The smallest absolute Gasteiger partial charge is 0.233 e.